The number of pyridine rings is 1. The van der Waals surface area contributed by atoms with Gasteiger partial charge < -0.3 is 29.0 Å². The predicted octanol–water partition coefficient (Wildman–Crippen LogP) is 4.85. The molecule has 2 aromatic carbocycles. The second-order valence-corrected chi connectivity index (χ2v) is 8.76. The lowest BCUT2D eigenvalue weighted by molar-refractivity contribution is 0.0600. The quantitative estimate of drug-likeness (QED) is 0.277. The first-order valence-electron chi connectivity index (χ1n) is 11.6. The summed E-state index contributed by atoms with van der Waals surface area (Å²) in [7, 11) is 4.62. The Morgan fingerprint density at radius 1 is 0.973 bits per heavy atom. The van der Waals surface area contributed by atoms with Crippen LogP contribution in [0.4, 0.5) is 5.69 Å². The summed E-state index contributed by atoms with van der Waals surface area (Å²) in [6.45, 7) is 0. The zero-order valence-electron chi connectivity index (χ0n) is 20.6. The third-order valence-electron chi connectivity index (χ3n) is 6.39. The fourth-order valence-corrected chi connectivity index (χ4v) is 4.98. The van der Waals surface area contributed by atoms with Gasteiger partial charge >= 0.3 is 5.97 Å². The highest BCUT2D eigenvalue weighted by atomic mass is 32.1. The summed E-state index contributed by atoms with van der Waals surface area (Å²) in [5.41, 5.74) is 4.02. The molecule has 3 heterocycles. The van der Waals surface area contributed by atoms with E-state index in [2.05, 4.69) is 25.8 Å². The number of carbonyl (C=O) groups is 1. The van der Waals surface area contributed by atoms with Crippen molar-refractivity contribution < 1.29 is 19.0 Å². The number of thiocarbonyl (C=S) groups is 1. The molecule has 0 spiro atoms. The van der Waals surface area contributed by atoms with Gasteiger partial charge in [0.2, 0.25) is 0 Å². The highest BCUT2D eigenvalue weighted by Gasteiger charge is 2.43. The van der Waals surface area contributed by atoms with Crippen LogP contribution in [0.25, 0.3) is 5.69 Å². The average molecular weight is 515 g/mol. The van der Waals surface area contributed by atoms with E-state index in [1.165, 1.54) is 7.11 Å². The van der Waals surface area contributed by atoms with Crippen molar-refractivity contribution in [3.63, 3.8) is 0 Å². The summed E-state index contributed by atoms with van der Waals surface area (Å²) < 4.78 is 18.1. The molecule has 0 radical (unpaired) electrons. The number of carbonyl (C=O) groups excluding carboxylic acids is 1. The molecule has 0 bridgehead atoms. The number of methoxy groups -OCH3 is 3. The van der Waals surface area contributed by atoms with Crippen LogP contribution in [-0.4, -0.2) is 42.0 Å². The number of rotatable bonds is 7. The van der Waals surface area contributed by atoms with Crippen molar-refractivity contribution in [3.8, 4) is 17.2 Å². The second kappa shape index (κ2) is 10.3. The molecule has 0 aliphatic carbocycles. The molecule has 9 heteroatoms. The van der Waals surface area contributed by atoms with E-state index < -0.39 is 0 Å². The number of benzene rings is 2. The molecule has 2 atom stereocenters. The van der Waals surface area contributed by atoms with Gasteiger partial charge in [-0.05, 0) is 72.9 Å². The Labute approximate surface area is 220 Å². The normalized spacial score (nSPS) is 16.8. The molecule has 0 saturated carbocycles. The largest absolute Gasteiger partial charge is 0.497 e. The van der Waals surface area contributed by atoms with Crippen molar-refractivity contribution in [2.75, 3.05) is 26.2 Å². The van der Waals surface area contributed by atoms with Crippen LogP contribution in [0.3, 0.4) is 0 Å². The van der Waals surface area contributed by atoms with Gasteiger partial charge in [0.15, 0.2) is 5.11 Å². The van der Waals surface area contributed by atoms with Gasteiger partial charge in [0.25, 0.3) is 0 Å². The molecular formula is C28H26N4O4S. The summed E-state index contributed by atoms with van der Waals surface area (Å²) in [5.74, 6) is 0.943. The number of aromatic nitrogens is 2. The number of nitrogens with zero attached hydrogens (tertiary/aromatic N) is 3. The van der Waals surface area contributed by atoms with Crippen LogP contribution in [0.5, 0.6) is 11.5 Å². The van der Waals surface area contributed by atoms with Crippen molar-refractivity contribution in [3.05, 3.63) is 102 Å². The smallest absolute Gasteiger partial charge is 0.337 e. The number of ether oxygens (including phenoxy) is 3. The lowest BCUT2D eigenvalue weighted by Gasteiger charge is -2.30. The summed E-state index contributed by atoms with van der Waals surface area (Å²) in [6.07, 6.45) is 3.76. The Bertz CT molecular complexity index is 1420. The van der Waals surface area contributed by atoms with Gasteiger partial charge in [0, 0.05) is 29.8 Å². The molecular weight excluding hydrogens is 488 g/mol. The van der Waals surface area contributed by atoms with Crippen LogP contribution in [0.1, 0.15) is 33.8 Å². The van der Waals surface area contributed by atoms with Gasteiger partial charge in [-0.2, -0.15) is 0 Å². The predicted molar refractivity (Wildman–Crippen MR) is 145 cm³/mol. The van der Waals surface area contributed by atoms with Crippen molar-refractivity contribution in [2.45, 2.75) is 12.1 Å². The molecule has 188 valence electrons. The maximum Gasteiger partial charge on any atom is 0.337 e. The third-order valence-corrected chi connectivity index (χ3v) is 6.71. The van der Waals surface area contributed by atoms with E-state index in [0.717, 1.165) is 22.8 Å². The van der Waals surface area contributed by atoms with Crippen molar-refractivity contribution in [1.82, 2.24) is 14.9 Å². The fraction of sp³-hybridized carbons (Fsp3) is 0.179. The van der Waals surface area contributed by atoms with Gasteiger partial charge in [0.05, 0.1) is 44.3 Å². The monoisotopic (exact) mass is 514 g/mol. The number of hydrogen-bond donors (Lipinski definition) is 1. The van der Waals surface area contributed by atoms with E-state index in [0.29, 0.717) is 22.2 Å². The maximum atomic E-state index is 11.9. The van der Waals surface area contributed by atoms with E-state index in [4.69, 9.17) is 26.4 Å². The van der Waals surface area contributed by atoms with E-state index in [1.807, 2.05) is 60.8 Å². The van der Waals surface area contributed by atoms with Crippen molar-refractivity contribution in [1.29, 1.82) is 0 Å². The Hall–Kier alpha value is -4.37. The van der Waals surface area contributed by atoms with Crippen molar-refractivity contribution in [2.24, 2.45) is 0 Å². The summed E-state index contributed by atoms with van der Waals surface area (Å²) in [6, 6.07) is 22.4. The van der Waals surface area contributed by atoms with Crippen LogP contribution in [-0.2, 0) is 4.74 Å². The first kappa shape index (κ1) is 24.3. The Morgan fingerprint density at radius 2 is 1.78 bits per heavy atom. The fourth-order valence-electron chi connectivity index (χ4n) is 4.64. The minimum Gasteiger partial charge on any atom is -0.497 e. The number of nitrogens with one attached hydrogen (secondary N) is 1. The average Bonchev–Trinajstić information content (AvgIpc) is 3.57. The SMILES string of the molecule is COC(=O)c1ccc(-n2cccc2[C@@H]2[C@@H](c3ccccn3)NC(=S)N2c2ccc(OC)cc2OC)cc1. The highest BCUT2D eigenvalue weighted by molar-refractivity contribution is 7.80. The molecule has 37 heavy (non-hydrogen) atoms. The standard InChI is InChI=1S/C28H26N4O4S/c1-34-20-13-14-22(24(17-20)35-2)32-26(25(30-28(32)37)21-7-4-5-15-29-21)23-8-6-16-31(23)19-11-9-18(10-12-19)27(33)36-3/h4-17,25-26H,1-3H3,(H,30,37)/t25-,26-/m1/s1. The molecule has 1 fully saturated rings. The number of anilines is 1. The molecule has 1 N–H and O–H groups in total. The summed E-state index contributed by atoms with van der Waals surface area (Å²) in [4.78, 5) is 18.6. The second-order valence-electron chi connectivity index (χ2n) is 8.38. The molecule has 8 nitrogen and oxygen atoms in total. The first-order chi connectivity index (χ1) is 18.0. The lowest BCUT2D eigenvalue weighted by Crippen LogP contribution is -2.30. The molecule has 2 aromatic heterocycles. The summed E-state index contributed by atoms with van der Waals surface area (Å²) >= 11 is 5.88. The molecule has 5 rings (SSSR count). The van der Waals surface area contributed by atoms with Gasteiger partial charge in [-0.15, -0.1) is 0 Å². The van der Waals surface area contributed by atoms with E-state index in [9.17, 15) is 4.79 Å². The Morgan fingerprint density at radius 3 is 2.46 bits per heavy atom. The molecule has 0 amide bonds. The van der Waals surface area contributed by atoms with Gasteiger partial charge in [-0.3, -0.25) is 4.98 Å². The van der Waals surface area contributed by atoms with Gasteiger partial charge in [0.1, 0.15) is 17.5 Å². The van der Waals surface area contributed by atoms with Crippen LogP contribution < -0.4 is 19.7 Å². The molecule has 1 aliphatic rings. The van der Waals surface area contributed by atoms with E-state index in [1.54, 1.807) is 32.5 Å². The maximum absolute atomic E-state index is 11.9. The lowest BCUT2D eigenvalue weighted by atomic mass is 10.0. The molecule has 1 saturated heterocycles. The minimum atomic E-state index is -0.377. The number of esters is 1. The minimum absolute atomic E-state index is 0.233. The molecule has 0 unspecified atom stereocenters. The van der Waals surface area contributed by atoms with Crippen LogP contribution in [0, 0.1) is 0 Å². The van der Waals surface area contributed by atoms with E-state index >= 15 is 0 Å². The van der Waals surface area contributed by atoms with Crippen LogP contribution in [0.15, 0.2) is 85.2 Å². The van der Waals surface area contributed by atoms with Gasteiger partial charge in [-0.1, -0.05) is 6.07 Å². The zero-order valence-corrected chi connectivity index (χ0v) is 21.4. The Balaban J connectivity index is 1.64. The topological polar surface area (TPSA) is 77.9 Å². The van der Waals surface area contributed by atoms with Gasteiger partial charge in [-0.25, -0.2) is 4.79 Å². The molecule has 1 aliphatic heterocycles. The molecule has 4 aromatic rings. The first-order valence-corrected chi connectivity index (χ1v) is 12.0. The highest BCUT2D eigenvalue weighted by Crippen LogP contribution is 2.45. The third kappa shape index (κ3) is 4.49. The van der Waals surface area contributed by atoms with Crippen LogP contribution >= 0.6 is 12.2 Å². The Kier molecular flexibility index (Phi) is 6.78. The zero-order chi connectivity index (χ0) is 25.9. The summed E-state index contributed by atoms with van der Waals surface area (Å²) in [5, 5.41) is 4.03. The number of hydrogen-bond acceptors (Lipinski definition) is 6. The van der Waals surface area contributed by atoms with E-state index in [-0.39, 0.29) is 18.1 Å². The van der Waals surface area contributed by atoms with Crippen LogP contribution in [0.2, 0.25) is 0 Å². The van der Waals surface area contributed by atoms with Crippen molar-refractivity contribution >= 4 is 29.0 Å².